The number of Topliss-reactive ketones (excluding diaryl/α,β-unsaturated/α-hetero) is 1. The van der Waals surface area contributed by atoms with Gasteiger partial charge in [0.05, 0.1) is 0 Å². The van der Waals surface area contributed by atoms with Crippen molar-refractivity contribution in [1.82, 2.24) is 0 Å². The highest BCUT2D eigenvalue weighted by molar-refractivity contribution is 6.01. The molecule has 2 aromatic rings. The van der Waals surface area contributed by atoms with Crippen LogP contribution in [0.4, 0.5) is 5.69 Å². The van der Waals surface area contributed by atoms with Gasteiger partial charge in [-0.25, -0.2) is 0 Å². The van der Waals surface area contributed by atoms with Gasteiger partial charge in [-0.05, 0) is 48.1 Å². The number of ketones is 1. The standard InChI is InChI=1S/C17H17NO/c18-16-7-2-1-6-15(16)17(19)11-12-8-9-13-4-3-5-14(13)10-12/h1-2,6-10H,3-5,11,18H2. The molecule has 2 nitrogen and oxygen atoms in total. The van der Waals surface area contributed by atoms with Crippen LogP contribution >= 0.6 is 0 Å². The summed E-state index contributed by atoms with van der Waals surface area (Å²) in [7, 11) is 0. The van der Waals surface area contributed by atoms with E-state index in [0.717, 1.165) is 12.0 Å². The normalized spacial score (nSPS) is 13.3. The summed E-state index contributed by atoms with van der Waals surface area (Å²) in [5.41, 5.74) is 11.0. The summed E-state index contributed by atoms with van der Waals surface area (Å²) < 4.78 is 0. The van der Waals surface area contributed by atoms with Crippen molar-refractivity contribution in [2.45, 2.75) is 25.7 Å². The first kappa shape index (κ1) is 12.0. The molecule has 0 fully saturated rings. The molecule has 0 heterocycles. The van der Waals surface area contributed by atoms with Crippen LogP contribution in [0.3, 0.4) is 0 Å². The van der Waals surface area contributed by atoms with Gasteiger partial charge in [0, 0.05) is 17.7 Å². The maximum absolute atomic E-state index is 12.3. The van der Waals surface area contributed by atoms with Gasteiger partial charge in [0.1, 0.15) is 0 Å². The maximum atomic E-state index is 12.3. The lowest BCUT2D eigenvalue weighted by Crippen LogP contribution is -2.07. The molecule has 2 N–H and O–H groups in total. The quantitative estimate of drug-likeness (QED) is 0.672. The lowest BCUT2D eigenvalue weighted by atomic mass is 9.99. The molecule has 0 amide bonds. The van der Waals surface area contributed by atoms with E-state index in [-0.39, 0.29) is 5.78 Å². The van der Waals surface area contributed by atoms with Crippen molar-refractivity contribution in [3.63, 3.8) is 0 Å². The molecule has 0 spiro atoms. The summed E-state index contributed by atoms with van der Waals surface area (Å²) in [4.78, 5) is 12.3. The van der Waals surface area contributed by atoms with Crippen molar-refractivity contribution in [2.24, 2.45) is 0 Å². The van der Waals surface area contributed by atoms with Gasteiger partial charge in [0.2, 0.25) is 0 Å². The molecule has 1 aliphatic rings. The average Bonchev–Trinajstić information content (AvgIpc) is 2.86. The maximum Gasteiger partial charge on any atom is 0.169 e. The number of nitrogens with two attached hydrogens (primary N) is 1. The monoisotopic (exact) mass is 251 g/mol. The number of anilines is 1. The van der Waals surface area contributed by atoms with Crippen LogP contribution in [0.25, 0.3) is 0 Å². The zero-order chi connectivity index (χ0) is 13.2. The second-order valence-corrected chi connectivity index (χ2v) is 5.14. The van der Waals surface area contributed by atoms with E-state index in [2.05, 4.69) is 18.2 Å². The molecule has 0 radical (unpaired) electrons. The molecule has 0 saturated carbocycles. The third-order valence-electron chi connectivity index (χ3n) is 3.79. The molecular formula is C17H17NO. The third kappa shape index (κ3) is 2.39. The summed E-state index contributed by atoms with van der Waals surface area (Å²) in [5.74, 6) is 0.0936. The number of para-hydroxylation sites is 1. The summed E-state index contributed by atoms with van der Waals surface area (Å²) in [6, 6.07) is 13.7. The number of benzene rings is 2. The Morgan fingerprint density at radius 3 is 2.68 bits per heavy atom. The van der Waals surface area contributed by atoms with E-state index in [0.29, 0.717) is 17.7 Å². The minimum atomic E-state index is 0.0936. The van der Waals surface area contributed by atoms with Crippen LogP contribution < -0.4 is 5.73 Å². The predicted octanol–water partition coefficient (Wildman–Crippen LogP) is 3.18. The number of aryl methyl sites for hydroxylation is 2. The Morgan fingerprint density at radius 1 is 1.05 bits per heavy atom. The second kappa shape index (κ2) is 4.88. The largest absolute Gasteiger partial charge is 0.398 e. The van der Waals surface area contributed by atoms with E-state index in [9.17, 15) is 4.79 Å². The molecule has 0 aromatic heterocycles. The molecule has 0 aliphatic heterocycles. The van der Waals surface area contributed by atoms with Gasteiger partial charge in [-0.2, -0.15) is 0 Å². The van der Waals surface area contributed by atoms with Crippen LogP contribution in [0.15, 0.2) is 42.5 Å². The fourth-order valence-electron chi connectivity index (χ4n) is 2.77. The molecule has 0 unspecified atom stereocenters. The summed E-state index contributed by atoms with van der Waals surface area (Å²) >= 11 is 0. The van der Waals surface area contributed by atoms with Crippen LogP contribution in [0.5, 0.6) is 0 Å². The van der Waals surface area contributed by atoms with Crippen molar-refractivity contribution < 1.29 is 4.79 Å². The molecule has 96 valence electrons. The molecule has 0 atom stereocenters. The lowest BCUT2D eigenvalue weighted by Gasteiger charge is -2.06. The van der Waals surface area contributed by atoms with Gasteiger partial charge in [-0.1, -0.05) is 30.3 Å². The molecule has 3 rings (SSSR count). The van der Waals surface area contributed by atoms with Crippen LogP contribution in [0, 0.1) is 0 Å². The predicted molar refractivity (Wildman–Crippen MR) is 77.4 cm³/mol. The van der Waals surface area contributed by atoms with Crippen molar-refractivity contribution in [2.75, 3.05) is 5.73 Å². The zero-order valence-corrected chi connectivity index (χ0v) is 10.9. The average molecular weight is 251 g/mol. The molecular weight excluding hydrogens is 234 g/mol. The van der Waals surface area contributed by atoms with E-state index >= 15 is 0 Å². The van der Waals surface area contributed by atoms with Gasteiger partial charge >= 0.3 is 0 Å². The Hall–Kier alpha value is -2.09. The van der Waals surface area contributed by atoms with E-state index in [1.807, 2.05) is 12.1 Å². The highest BCUT2D eigenvalue weighted by Gasteiger charge is 2.14. The van der Waals surface area contributed by atoms with Crippen LogP contribution in [0.2, 0.25) is 0 Å². The van der Waals surface area contributed by atoms with Gasteiger partial charge in [0.15, 0.2) is 5.78 Å². The molecule has 19 heavy (non-hydrogen) atoms. The van der Waals surface area contributed by atoms with Crippen LogP contribution in [-0.4, -0.2) is 5.78 Å². The first-order valence-electron chi connectivity index (χ1n) is 6.72. The Kier molecular flexibility index (Phi) is 3.08. The smallest absolute Gasteiger partial charge is 0.169 e. The molecule has 1 aliphatic carbocycles. The fraction of sp³-hybridized carbons (Fsp3) is 0.235. The molecule has 2 heteroatoms. The van der Waals surface area contributed by atoms with E-state index in [1.165, 1.54) is 24.0 Å². The van der Waals surface area contributed by atoms with E-state index in [1.54, 1.807) is 12.1 Å². The van der Waals surface area contributed by atoms with Crippen molar-refractivity contribution in [3.05, 3.63) is 64.7 Å². The zero-order valence-electron chi connectivity index (χ0n) is 10.9. The first-order valence-corrected chi connectivity index (χ1v) is 6.72. The van der Waals surface area contributed by atoms with Gasteiger partial charge < -0.3 is 5.73 Å². The number of carbonyl (C=O) groups excluding carboxylic acids is 1. The van der Waals surface area contributed by atoms with Crippen LogP contribution in [-0.2, 0) is 19.3 Å². The molecule has 2 aromatic carbocycles. The minimum Gasteiger partial charge on any atom is -0.398 e. The molecule has 0 bridgehead atoms. The van der Waals surface area contributed by atoms with Crippen molar-refractivity contribution in [3.8, 4) is 0 Å². The highest BCUT2D eigenvalue weighted by Crippen LogP contribution is 2.23. The van der Waals surface area contributed by atoms with E-state index in [4.69, 9.17) is 5.73 Å². The minimum absolute atomic E-state index is 0.0936. The number of carbonyl (C=O) groups is 1. The Bertz CT molecular complexity index is 631. The Morgan fingerprint density at radius 2 is 1.84 bits per heavy atom. The summed E-state index contributed by atoms with van der Waals surface area (Å²) in [6.07, 6.45) is 3.99. The Labute approximate surface area is 113 Å². The number of fused-ring (bicyclic) bond motifs is 1. The molecule has 0 saturated heterocycles. The van der Waals surface area contributed by atoms with Crippen molar-refractivity contribution >= 4 is 11.5 Å². The second-order valence-electron chi connectivity index (χ2n) is 5.14. The van der Waals surface area contributed by atoms with Gasteiger partial charge in [0.25, 0.3) is 0 Å². The number of hydrogen-bond acceptors (Lipinski definition) is 2. The fourth-order valence-corrected chi connectivity index (χ4v) is 2.77. The topological polar surface area (TPSA) is 43.1 Å². The van der Waals surface area contributed by atoms with Crippen LogP contribution in [0.1, 0.15) is 33.5 Å². The Balaban J connectivity index is 1.82. The number of hydrogen-bond donors (Lipinski definition) is 1. The first-order chi connectivity index (χ1) is 9.24. The SMILES string of the molecule is Nc1ccccc1C(=O)Cc1ccc2c(c1)CCC2. The number of rotatable bonds is 3. The van der Waals surface area contributed by atoms with Gasteiger partial charge in [-0.15, -0.1) is 0 Å². The van der Waals surface area contributed by atoms with Gasteiger partial charge in [-0.3, -0.25) is 4.79 Å². The lowest BCUT2D eigenvalue weighted by molar-refractivity contribution is 0.0994. The summed E-state index contributed by atoms with van der Waals surface area (Å²) in [5, 5.41) is 0. The summed E-state index contributed by atoms with van der Waals surface area (Å²) in [6.45, 7) is 0. The third-order valence-corrected chi connectivity index (χ3v) is 3.79. The highest BCUT2D eigenvalue weighted by atomic mass is 16.1. The number of nitrogen functional groups attached to an aromatic ring is 1. The van der Waals surface area contributed by atoms with Crippen molar-refractivity contribution in [1.29, 1.82) is 0 Å². The van der Waals surface area contributed by atoms with E-state index < -0.39 is 0 Å².